The summed E-state index contributed by atoms with van der Waals surface area (Å²) in [7, 11) is 0. The number of hydrogen-bond donors (Lipinski definition) is 3. The highest BCUT2D eigenvalue weighted by Gasteiger charge is 2.33. The Kier molecular flexibility index (Phi) is 8.49. The van der Waals surface area contributed by atoms with Crippen molar-refractivity contribution in [2.75, 3.05) is 29.4 Å². The maximum Gasteiger partial charge on any atom is 0.421 e. The van der Waals surface area contributed by atoms with Gasteiger partial charge in [0.1, 0.15) is 11.7 Å². The molecule has 1 unspecified atom stereocenters. The number of carbonyl (C=O) groups is 4. The Morgan fingerprint density at radius 1 is 1.22 bits per heavy atom. The molecule has 0 aromatic heterocycles. The van der Waals surface area contributed by atoms with E-state index in [-0.39, 0.29) is 18.8 Å². The molecule has 12 heteroatoms. The normalized spacial score (nSPS) is 15.3. The third-order valence-electron chi connectivity index (χ3n) is 4.99. The van der Waals surface area contributed by atoms with Gasteiger partial charge < -0.3 is 20.5 Å². The molecule has 0 aliphatic carbocycles. The lowest BCUT2D eigenvalue weighted by molar-refractivity contribution is -0.117. The zero-order valence-corrected chi connectivity index (χ0v) is 21.6. The molecule has 1 atom stereocenters. The van der Waals surface area contributed by atoms with Crippen molar-refractivity contribution in [1.29, 1.82) is 0 Å². The number of carbonyl (C=O) groups excluding carboxylic acids is 4. The number of anilines is 2. The number of amides is 4. The summed E-state index contributed by atoms with van der Waals surface area (Å²) in [6, 6.07) is 10.9. The molecule has 2 aromatic rings. The average Bonchev–Trinajstić information content (AvgIpc) is 3.18. The van der Waals surface area contributed by atoms with Crippen molar-refractivity contribution in [1.82, 2.24) is 5.32 Å². The Bertz CT molecular complexity index is 1170. The summed E-state index contributed by atoms with van der Waals surface area (Å²) in [5.41, 5.74) is 5.69. The Labute approximate surface area is 219 Å². The summed E-state index contributed by atoms with van der Waals surface area (Å²) in [5, 5.41) is 3.12. The van der Waals surface area contributed by atoms with Gasteiger partial charge in [-0.1, -0.05) is 11.6 Å². The number of ether oxygens (including phenoxy) is 2. The second kappa shape index (κ2) is 11.2. The molecular weight excluding hydrogens is 508 g/mol. The fourth-order valence-electron chi connectivity index (χ4n) is 3.36. The van der Waals surface area contributed by atoms with Gasteiger partial charge in [-0.05, 0) is 63.2 Å². The molecule has 0 saturated carbocycles. The van der Waals surface area contributed by atoms with Crippen molar-refractivity contribution >= 4 is 59.6 Å². The van der Waals surface area contributed by atoms with Crippen LogP contribution in [0, 0.1) is 0 Å². The molecular formula is C24H27ClN4O6S. The molecule has 0 spiro atoms. The summed E-state index contributed by atoms with van der Waals surface area (Å²) >= 11 is 10.2. The van der Waals surface area contributed by atoms with Crippen LogP contribution >= 0.6 is 24.2 Å². The lowest BCUT2D eigenvalue weighted by Crippen LogP contribution is -2.43. The van der Waals surface area contributed by atoms with E-state index in [0.29, 0.717) is 21.2 Å². The maximum absolute atomic E-state index is 12.6. The Morgan fingerprint density at radius 3 is 2.50 bits per heavy atom. The van der Waals surface area contributed by atoms with E-state index in [0.717, 1.165) is 4.90 Å². The van der Waals surface area contributed by atoms with Crippen LogP contribution in [0.3, 0.4) is 0 Å². The second-order valence-corrected chi connectivity index (χ2v) is 9.84. The van der Waals surface area contributed by atoms with Crippen molar-refractivity contribution in [3.63, 3.8) is 0 Å². The molecule has 2 aromatic carbocycles. The first-order valence-corrected chi connectivity index (χ1v) is 11.8. The molecule has 192 valence electrons. The summed E-state index contributed by atoms with van der Waals surface area (Å²) in [6.45, 7) is 4.92. The number of hydrogen-bond acceptors (Lipinski definition) is 8. The summed E-state index contributed by atoms with van der Waals surface area (Å²) in [5.74, 6) is -1.04. The Balaban J connectivity index is 1.67. The predicted octanol–water partition coefficient (Wildman–Crippen LogP) is 3.61. The number of benzene rings is 2. The van der Waals surface area contributed by atoms with Crippen molar-refractivity contribution < 1.29 is 28.7 Å². The Hall–Kier alpha value is -3.28. The van der Waals surface area contributed by atoms with Gasteiger partial charge >= 0.3 is 12.2 Å². The number of imide groups is 1. The van der Waals surface area contributed by atoms with Crippen LogP contribution in [-0.2, 0) is 14.3 Å². The third kappa shape index (κ3) is 6.68. The van der Waals surface area contributed by atoms with E-state index in [4.69, 9.17) is 26.8 Å². The van der Waals surface area contributed by atoms with Gasteiger partial charge in [0.2, 0.25) is 5.91 Å². The van der Waals surface area contributed by atoms with E-state index in [9.17, 15) is 19.2 Å². The predicted molar refractivity (Wildman–Crippen MR) is 138 cm³/mol. The van der Waals surface area contributed by atoms with Crippen LogP contribution < -0.4 is 20.9 Å². The van der Waals surface area contributed by atoms with Crippen LogP contribution in [0.25, 0.3) is 0 Å². The van der Waals surface area contributed by atoms with Crippen LogP contribution in [0.1, 0.15) is 31.1 Å². The van der Waals surface area contributed by atoms with Gasteiger partial charge in [-0.25, -0.2) is 14.5 Å². The highest BCUT2D eigenvalue weighted by atomic mass is 35.5. The molecule has 1 fully saturated rings. The van der Waals surface area contributed by atoms with Crippen LogP contribution in [-0.4, -0.2) is 55.3 Å². The molecule has 10 nitrogen and oxygen atoms in total. The molecule has 0 bridgehead atoms. The molecule has 36 heavy (non-hydrogen) atoms. The maximum atomic E-state index is 12.6. The molecule has 0 radical (unpaired) electrons. The van der Waals surface area contributed by atoms with Crippen LogP contribution in [0.15, 0.2) is 47.4 Å². The first-order chi connectivity index (χ1) is 16.9. The molecule has 1 heterocycles. The quantitative estimate of drug-likeness (QED) is 0.482. The topological polar surface area (TPSA) is 131 Å². The fraction of sp³-hybridized carbons (Fsp3) is 0.333. The summed E-state index contributed by atoms with van der Waals surface area (Å²) < 4.78 is 10.7. The van der Waals surface area contributed by atoms with Crippen LogP contribution in [0.4, 0.5) is 21.0 Å². The van der Waals surface area contributed by atoms with Gasteiger partial charge in [-0.15, -0.1) is 12.6 Å². The number of thiol groups is 1. The summed E-state index contributed by atoms with van der Waals surface area (Å²) in [4.78, 5) is 52.5. The number of halogens is 1. The minimum absolute atomic E-state index is 0.0797. The minimum Gasteiger partial charge on any atom is -0.443 e. The van der Waals surface area contributed by atoms with Gasteiger partial charge in [0.05, 0.1) is 30.9 Å². The van der Waals surface area contributed by atoms with E-state index in [2.05, 4.69) is 17.9 Å². The lowest BCUT2D eigenvalue weighted by Gasteiger charge is -2.26. The highest BCUT2D eigenvalue weighted by Crippen LogP contribution is 2.26. The molecule has 1 saturated heterocycles. The van der Waals surface area contributed by atoms with Gasteiger partial charge in [0.15, 0.2) is 0 Å². The first-order valence-electron chi connectivity index (χ1n) is 11.0. The SMILES string of the molecule is CC(C)(C)OC(=O)N(C(=O)CN)c1ccc(N2CC(CNC(=O)c3cc(Cl)ccc3S)OC2=O)cc1. The molecule has 1 aliphatic heterocycles. The zero-order valence-electron chi connectivity index (χ0n) is 20.0. The van der Waals surface area contributed by atoms with E-state index in [1.165, 1.54) is 23.1 Å². The molecule has 3 N–H and O–H groups in total. The molecule has 4 amide bonds. The molecule has 3 rings (SSSR count). The van der Waals surface area contributed by atoms with E-state index < -0.39 is 42.3 Å². The largest absolute Gasteiger partial charge is 0.443 e. The lowest BCUT2D eigenvalue weighted by atomic mass is 10.2. The average molecular weight is 535 g/mol. The Morgan fingerprint density at radius 2 is 1.89 bits per heavy atom. The van der Waals surface area contributed by atoms with Gasteiger partial charge in [0, 0.05) is 15.6 Å². The first kappa shape index (κ1) is 27.3. The number of nitrogens with zero attached hydrogens (tertiary/aromatic N) is 2. The molecule has 1 aliphatic rings. The number of rotatable bonds is 6. The van der Waals surface area contributed by atoms with Gasteiger partial charge in [-0.2, -0.15) is 0 Å². The minimum atomic E-state index is -0.855. The van der Waals surface area contributed by atoms with E-state index >= 15 is 0 Å². The van der Waals surface area contributed by atoms with Crippen molar-refractivity contribution in [2.24, 2.45) is 5.73 Å². The number of cyclic esters (lactones) is 1. The summed E-state index contributed by atoms with van der Waals surface area (Å²) in [6.07, 6.45) is -2.05. The standard InChI is InChI=1S/C24H27ClN4O6S/c1-24(2,3)35-23(33)29(20(30)11-26)16-7-5-15(6-8-16)28-13-17(34-22(28)32)12-27-21(31)18-10-14(25)4-9-19(18)36/h4-10,17,36H,11-13,26H2,1-3H3,(H,27,31). The van der Waals surface area contributed by atoms with Gasteiger partial charge in [-0.3, -0.25) is 14.5 Å². The van der Waals surface area contributed by atoms with Crippen LogP contribution in [0.5, 0.6) is 0 Å². The van der Waals surface area contributed by atoms with Crippen molar-refractivity contribution in [2.45, 2.75) is 37.4 Å². The monoisotopic (exact) mass is 534 g/mol. The highest BCUT2D eigenvalue weighted by molar-refractivity contribution is 7.80. The zero-order chi connectivity index (χ0) is 26.6. The van der Waals surface area contributed by atoms with Crippen molar-refractivity contribution in [3.05, 3.63) is 53.1 Å². The fourth-order valence-corrected chi connectivity index (χ4v) is 3.78. The van der Waals surface area contributed by atoms with Gasteiger partial charge in [0.25, 0.3) is 5.91 Å². The number of nitrogens with one attached hydrogen (secondary N) is 1. The van der Waals surface area contributed by atoms with Crippen LogP contribution in [0.2, 0.25) is 5.02 Å². The van der Waals surface area contributed by atoms with E-state index in [1.54, 1.807) is 45.0 Å². The third-order valence-corrected chi connectivity index (χ3v) is 5.61. The van der Waals surface area contributed by atoms with Crippen molar-refractivity contribution in [3.8, 4) is 0 Å². The second-order valence-electron chi connectivity index (χ2n) is 8.92. The number of nitrogens with two attached hydrogens (primary N) is 1. The smallest absolute Gasteiger partial charge is 0.421 e. The van der Waals surface area contributed by atoms with E-state index in [1.807, 2.05) is 0 Å².